The van der Waals surface area contributed by atoms with E-state index in [0.29, 0.717) is 17.8 Å². The van der Waals surface area contributed by atoms with Gasteiger partial charge >= 0.3 is 0 Å². The van der Waals surface area contributed by atoms with E-state index in [1.54, 1.807) is 6.07 Å². The van der Waals surface area contributed by atoms with Crippen molar-refractivity contribution in [2.24, 2.45) is 16.8 Å². The Hall–Kier alpha value is -3.54. The monoisotopic (exact) mass is 481 g/mol. The molecule has 5 nitrogen and oxygen atoms in total. The molecule has 1 saturated heterocycles. The van der Waals surface area contributed by atoms with Crippen LogP contribution in [0.4, 0.5) is 4.39 Å². The minimum Gasteiger partial charge on any atom is -0.342 e. The predicted molar refractivity (Wildman–Crippen MR) is 137 cm³/mol. The Balaban J connectivity index is 1.13. The van der Waals surface area contributed by atoms with Crippen LogP contribution in [-0.2, 0) is 9.59 Å². The molecule has 0 aromatic heterocycles. The summed E-state index contributed by atoms with van der Waals surface area (Å²) in [7, 11) is 0. The second-order valence-electron chi connectivity index (χ2n) is 10.8. The van der Waals surface area contributed by atoms with Crippen LogP contribution in [0.25, 0.3) is 21.9 Å². The van der Waals surface area contributed by atoms with Crippen LogP contribution in [0.1, 0.15) is 37.7 Å². The van der Waals surface area contributed by atoms with E-state index in [9.17, 15) is 14.0 Å². The number of halogens is 1. The highest BCUT2D eigenvalue weighted by atomic mass is 19.1. The number of carbonyl (C=O) groups excluding carboxylic acids is 2. The third kappa shape index (κ3) is 3.62. The highest BCUT2D eigenvalue weighted by molar-refractivity contribution is 6.16. The van der Waals surface area contributed by atoms with Gasteiger partial charge in [-0.3, -0.25) is 19.5 Å². The number of hydrogen-bond acceptors (Lipinski definition) is 3. The Bertz CT molecular complexity index is 1420. The largest absolute Gasteiger partial charge is 0.342 e. The fourth-order valence-corrected chi connectivity index (χ4v) is 5.75. The Kier molecular flexibility index (Phi) is 4.82. The molecule has 2 heterocycles. The van der Waals surface area contributed by atoms with E-state index < -0.39 is 5.54 Å². The van der Waals surface area contributed by atoms with Crippen molar-refractivity contribution in [3.8, 4) is 11.1 Å². The van der Waals surface area contributed by atoms with Gasteiger partial charge in [-0.25, -0.2) is 4.39 Å². The van der Waals surface area contributed by atoms with E-state index in [1.165, 1.54) is 6.07 Å². The lowest BCUT2D eigenvalue weighted by atomic mass is 9.99. The van der Waals surface area contributed by atoms with E-state index in [4.69, 9.17) is 4.99 Å². The Morgan fingerprint density at radius 3 is 2.47 bits per heavy atom. The molecule has 3 fully saturated rings. The molecule has 6 heteroatoms. The maximum atomic E-state index is 14.3. The number of rotatable bonds is 5. The van der Waals surface area contributed by atoms with Crippen molar-refractivity contribution in [3.63, 3.8) is 0 Å². The zero-order valence-electron chi connectivity index (χ0n) is 20.1. The summed E-state index contributed by atoms with van der Waals surface area (Å²) in [6.07, 6.45) is 4.59. The van der Waals surface area contributed by atoms with E-state index in [0.717, 1.165) is 73.1 Å². The number of aliphatic imine (C=N–C) groups is 1. The van der Waals surface area contributed by atoms with Gasteiger partial charge in [-0.2, -0.15) is 0 Å². The van der Waals surface area contributed by atoms with Gasteiger partial charge in [0.1, 0.15) is 17.2 Å². The van der Waals surface area contributed by atoms with Crippen LogP contribution in [0, 0.1) is 17.7 Å². The number of likely N-dealkylation sites (tertiary alicyclic amines) is 1. The normalized spacial score (nSPS) is 22.5. The van der Waals surface area contributed by atoms with Crippen LogP contribution in [0.2, 0.25) is 0 Å². The second kappa shape index (κ2) is 7.99. The number of nitrogens with zero attached hydrogens (tertiary/aromatic N) is 3. The predicted octanol–water partition coefficient (Wildman–Crippen LogP) is 5.03. The van der Waals surface area contributed by atoms with Crippen LogP contribution in [0.15, 0.2) is 65.7 Å². The van der Waals surface area contributed by atoms with Gasteiger partial charge in [0.25, 0.3) is 5.91 Å². The number of fused-ring (bicyclic) bond motifs is 1. The van der Waals surface area contributed by atoms with Crippen molar-refractivity contribution >= 4 is 28.4 Å². The minimum absolute atomic E-state index is 0.110. The second-order valence-corrected chi connectivity index (χ2v) is 10.8. The maximum absolute atomic E-state index is 14.3. The van der Waals surface area contributed by atoms with Gasteiger partial charge in [0.2, 0.25) is 5.91 Å². The zero-order valence-corrected chi connectivity index (χ0v) is 20.1. The summed E-state index contributed by atoms with van der Waals surface area (Å²) in [5, 5.41) is 1.49. The summed E-state index contributed by atoms with van der Waals surface area (Å²) in [4.78, 5) is 34.6. The molecule has 7 rings (SSSR count). The summed E-state index contributed by atoms with van der Waals surface area (Å²) in [5.74, 6) is 1.45. The molecule has 2 aliphatic heterocycles. The molecule has 4 aliphatic rings. The summed E-state index contributed by atoms with van der Waals surface area (Å²) in [5.41, 5.74) is 2.30. The summed E-state index contributed by atoms with van der Waals surface area (Å²) in [6, 6.07) is 19.0. The smallest absolute Gasteiger partial charge is 0.256 e. The molecule has 0 bridgehead atoms. The molecule has 0 N–H and O–H groups in total. The van der Waals surface area contributed by atoms with Crippen LogP contribution < -0.4 is 0 Å². The van der Waals surface area contributed by atoms with E-state index >= 15 is 0 Å². The molecular weight excluding hydrogens is 453 g/mol. The third-order valence-electron chi connectivity index (χ3n) is 8.21. The first-order valence-corrected chi connectivity index (χ1v) is 13.0. The van der Waals surface area contributed by atoms with Gasteiger partial charge in [-0.1, -0.05) is 48.5 Å². The fraction of sp³-hybridized carbons (Fsp3) is 0.367. The van der Waals surface area contributed by atoms with Crippen molar-refractivity contribution in [2.45, 2.75) is 37.6 Å². The lowest BCUT2D eigenvalue weighted by Crippen LogP contribution is -2.40. The summed E-state index contributed by atoms with van der Waals surface area (Å²) in [6.45, 7) is 2.14. The summed E-state index contributed by atoms with van der Waals surface area (Å²) >= 11 is 0. The Morgan fingerprint density at radius 2 is 1.72 bits per heavy atom. The Labute approximate surface area is 209 Å². The number of benzene rings is 3. The van der Waals surface area contributed by atoms with Crippen molar-refractivity contribution in [1.29, 1.82) is 0 Å². The molecule has 1 spiro atoms. The molecule has 182 valence electrons. The van der Waals surface area contributed by atoms with Gasteiger partial charge in [-0.05, 0) is 66.7 Å². The number of carbonyl (C=O) groups is 2. The lowest BCUT2D eigenvalue weighted by molar-refractivity contribution is -0.131. The van der Waals surface area contributed by atoms with Crippen LogP contribution in [0.3, 0.4) is 0 Å². The standard InChI is InChI=1S/C30H28FN3O2/c31-26-3-1-2-21-6-11-24(16-25(21)26)20-4-7-22(8-5-20)27-32-30(13-14-30)29(36)34(27)18-19-12-15-33(17-19)28(35)23-9-10-23/h1-8,11,16,19,23H,9-10,12-15,17-18H2/t19-/m1/s1. The summed E-state index contributed by atoms with van der Waals surface area (Å²) < 4.78 is 14.3. The molecule has 1 atom stereocenters. The SMILES string of the molecule is O=C(C1CC1)N1CC[C@@H](CN2C(=O)C3(CC3)N=C2c2ccc(-c3ccc4cccc(F)c4c3)cc2)C1. The first kappa shape index (κ1) is 21.7. The average molecular weight is 482 g/mol. The molecule has 3 aromatic rings. The van der Waals surface area contributed by atoms with Crippen LogP contribution in [-0.4, -0.2) is 52.6 Å². The maximum Gasteiger partial charge on any atom is 0.256 e. The Morgan fingerprint density at radius 1 is 0.972 bits per heavy atom. The van der Waals surface area contributed by atoms with Crippen molar-refractivity contribution in [2.75, 3.05) is 19.6 Å². The minimum atomic E-state index is -0.563. The quantitative estimate of drug-likeness (QED) is 0.514. The number of hydrogen-bond donors (Lipinski definition) is 0. The van der Waals surface area contributed by atoms with E-state index in [-0.39, 0.29) is 23.6 Å². The first-order valence-electron chi connectivity index (χ1n) is 13.0. The van der Waals surface area contributed by atoms with Crippen LogP contribution in [0.5, 0.6) is 0 Å². The molecular formula is C30H28FN3O2. The molecule has 2 amide bonds. The molecule has 2 aliphatic carbocycles. The van der Waals surface area contributed by atoms with Crippen molar-refractivity contribution in [1.82, 2.24) is 9.80 Å². The van der Waals surface area contributed by atoms with E-state index in [1.807, 2.05) is 58.3 Å². The van der Waals surface area contributed by atoms with Gasteiger partial charge in [0.15, 0.2) is 0 Å². The molecule has 36 heavy (non-hydrogen) atoms. The van der Waals surface area contributed by atoms with E-state index in [2.05, 4.69) is 0 Å². The highest BCUT2D eigenvalue weighted by Crippen LogP contribution is 2.46. The third-order valence-corrected chi connectivity index (χ3v) is 8.21. The molecule has 3 aromatic carbocycles. The van der Waals surface area contributed by atoms with Gasteiger partial charge in [0.05, 0.1) is 0 Å². The number of amides is 2. The fourth-order valence-electron chi connectivity index (χ4n) is 5.75. The zero-order chi connectivity index (χ0) is 24.4. The first-order chi connectivity index (χ1) is 17.5. The van der Waals surface area contributed by atoms with Crippen molar-refractivity contribution in [3.05, 3.63) is 72.0 Å². The average Bonchev–Trinajstić information content (AvgIpc) is 3.82. The van der Waals surface area contributed by atoms with Crippen molar-refractivity contribution < 1.29 is 14.0 Å². The topological polar surface area (TPSA) is 53.0 Å². The van der Waals surface area contributed by atoms with Crippen LogP contribution >= 0.6 is 0 Å². The lowest BCUT2D eigenvalue weighted by Gasteiger charge is -2.23. The van der Waals surface area contributed by atoms with Gasteiger partial charge in [0, 0.05) is 36.5 Å². The molecule has 2 saturated carbocycles. The number of amidine groups is 1. The van der Waals surface area contributed by atoms with Gasteiger partial charge in [-0.15, -0.1) is 0 Å². The highest BCUT2D eigenvalue weighted by Gasteiger charge is 2.57. The van der Waals surface area contributed by atoms with Gasteiger partial charge < -0.3 is 4.90 Å². The molecule has 0 radical (unpaired) electrons. The molecule has 0 unspecified atom stereocenters.